The summed E-state index contributed by atoms with van der Waals surface area (Å²) in [6, 6.07) is 19.1. The lowest BCUT2D eigenvalue weighted by molar-refractivity contribution is 0.529. The van der Waals surface area contributed by atoms with Gasteiger partial charge in [-0.3, -0.25) is 4.98 Å². The van der Waals surface area contributed by atoms with E-state index in [4.69, 9.17) is 10.1 Å². The highest BCUT2D eigenvalue weighted by molar-refractivity contribution is 6.04. The summed E-state index contributed by atoms with van der Waals surface area (Å²) in [5.74, 6) is 0.554. The van der Waals surface area contributed by atoms with Crippen LogP contribution in [0.2, 0.25) is 0 Å². The third-order valence-corrected chi connectivity index (χ3v) is 5.59. The third-order valence-electron chi connectivity index (χ3n) is 5.59. The number of nitrogens with zero attached hydrogens (tertiary/aromatic N) is 4. The molecule has 0 unspecified atom stereocenters. The van der Waals surface area contributed by atoms with Crippen molar-refractivity contribution in [3.8, 4) is 11.1 Å². The maximum Gasteiger partial charge on any atom is 0.159 e. The van der Waals surface area contributed by atoms with Gasteiger partial charge in [0.15, 0.2) is 5.82 Å². The van der Waals surface area contributed by atoms with Crippen molar-refractivity contribution in [3.05, 3.63) is 101 Å². The van der Waals surface area contributed by atoms with Gasteiger partial charge in [0.1, 0.15) is 5.82 Å². The second-order valence-electron chi connectivity index (χ2n) is 7.66. The number of halogens is 1. The topological polar surface area (TPSA) is 43.1 Å². The van der Waals surface area contributed by atoms with Crippen LogP contribution in [0.15, 0.2) is 78.0 Å². The minimum Gasteiger partial charge on any atom is -0.265 e. The van der Waals surface area contributed by atoms with Crippen molar-refractivity contribution in [2.75, 3.05) is 0 Å². The van der Waals surface area contributed by atoms with Gasteiger partial charge in [0.25, 0.3) is 0 Å². The van der Waals surface area contributed by atoms with Crippen LogP contribution in [0.4, 0.5) is 10.2 Å². The summed E-state index contributed by atoms with van der Waals surface area (Å²) in [5, 5.41) is 4.85. The van der Waals surface area contributed by atoms with Crippen molar-refractivity contribution in [1.82, 2.24) is 14.8 Å². The molecule has 0 amide bonds. The van der Waals surface area contributed by atoms with E-state index in [0.29, 0.717) is 0 Å². The summed E-state index contributed by atoms with van der Waals surface area (Å²) < 4.78 is 15.5. The van der Waals surface area contributed by atoms with Gasteiger partial charge in [-0.2, -0.15) is 5.10 Å². The zero-order chi connectivity index (χ0) is 20.7. The van der Waals surface area contributed by atoms with Crippen molar-refractivity contribution in [2.24, 2.45) is 4.99 Å². The first kappa shape index (κ1) is 18.4. The van der Waals surface area contributed by atoms with Crippen LogP contribution in [0.1, 0.15) is 34.8 Å². The number of hydrogen-bond acceptors (Lipinski definition) is 3. The lowest BCUT2D eigenvalue weighted by Gasteiger charge is -2.25. The number of hydrogen-bond donors (Lipinski definition) is 0. The summed E-state index contributed by atoms with van der Waals surface area (Å²) in [6.07, 6.45) is 4.36. The molecule has 0 radical (unpaired) electrons. The molecule has 4 aromatic rings. The molecular weight excluding hydrogens is 375 g/mol. The average molecular weight is 396 g/mol. The molecule has 0 spiro atoms. The summed E-state index contributed by atoms with van der Waals surface area (Å²) in [4.78, 5) is 9.21. The number of benzene rings is 2. The van der Waals surface area contributed by atoms with Crippen molar-refractivity contribution in [1.29, 1.82) is 0 Å². The maximum absolute atomic E-state index is 13.5. The molecule has 1 aliphatic heterocycles. The van der Waals surface area contributed by atoms with Crippen LogP contribution < -0.4 is 0 Å². The van der Waals surface area contributed by atoms with Crippen LogP contribution in [0, 0.1) is 19.7 Å². The molecule has 1 atom stereocenters. The van der Waals surface area contributed by atoms with Gasteiger partial charge in [0.05, 0.1) is 17.4 Å². The quantitative estimate of drug-likeness (QED) is 0.438. The van der Waals surface area contributed by atoms with Gasteiger partial charge in [0, 0.05) is 24.4 Å². The Kier molecular flexibility index (Phi) is 4.51. The molecule has 148 valence electrons. The van der Waals surface area contributed by atoms with E-state index in [1.165, 1.54) is 17.7 Å². The second-order valence-corrected chi connectivity index (χ2v) is 7.66. The first-order valence-electron chi connectivity index (χ1n) is 10.00. The third kappa shape index (κ3) is 3.22. The van der Waals surface area contributed by atoms with Gasteiger partial charge in [-0.15, -0.1) is 0 Å². The van der Waals surface area contributed by atoms with Crippen LogP contribution in [-0.2, 0) is 0 Å². The molecule has 1 aliphatic rings. The summed E-state index contributed by atoms with van der Waals surface area (Å²) >= 11 is 0. The lowest BCUT2D eigenvalue weighted by Crippen LogP contribution is -2.21. The molecule has 0 aliphatic carbocycles. The van der Waals surface area contributed by atoms with Crippen LogP contribution >= 0.6 is 0 Å². The van der Waals surface area contributed by atoms with Crippen molar-refractivity contribution in [3.63, 3.8) is 0 Å². The molecule has 2 aromatic carbocycles. The molecule has 2 aromatic heterocycles. The number of aryl methyl sites for hydroxylation is 2. The van der Waals surface area contributed by atoms with Crippen LogP contribution in [0.3, 0.4) is 0 Å². The van der Waals surface area contributed by atoms with Gasteiger partial charge in [-0.1, -0.05) is 42.0 Å². The summed E-state index contributed by atoms with van der Waals surface area (Å²) in [6.45, 7) is 4.06. The van der Waals surface area contributed by atoms with E-state index in [0.717, 1.165) is 45.9 Å². The molecule has 0 N–H and O–H groups in total. The number of pyridine rings is 1. The lowest BCUT2D eigenvalue weighted by atomic mass is 9.95. The Labute approximate surface area is 174 Å². The minimum absolute atomic E-state index is 0.0182. The SMILES string of the molecule is Cc1ccc(C2=Nc3c(-c4ccc(F)cc4)c(C)nn3[C@@H](c3ccncc3)C2)cc1. The fourth-order valence-electron chi connectivity index (χ4n) is 4.03. The molecule has 5 heteroatoms. The number of aliphatic imine (C=N–C) groups is 1. The van der Waals surface area contributed by atoms with E-state index >= 15 is 0 Å². The average Bonchev–Trinajstić information content (AvgIpc) is 3.10. The standard InChI is InChI=1S/C25H21FN4/c1-16-3-5-18(6-4-16)22-15-23(19-11-13-27-14-12-19)30-25(28-22)24(17(2)29-30)20-7-9-21(26)10-8-20/h3-14,23H,15H2,1-2H3/t23-/m1/s1. The highest BCUT2D eigenvalue weighted by Gasteiger charge is 2.29. The van der Waals surface area contributed by atoms with E-state index in [-0.39, 0.29) is 11.9 Å². The van der Waals surface area contributed by atoms with E-state index in [9.17, 15) is 4.39 Å². The molecule has 30 heavy (non-hydrogen) atoms. The van der Waals surface area contributed by atoms with Gasteiger partial charge in [-0.05, 0) is 54.8 Å². The summed E-state index contributed by atoms with van der Waals surface area (Å²) in [5.41, 5.74) is 7.22. The molecule has 0 saturated heterocycles. The predicted octanol–water partition coefficient (Wildman–Crippen LogP) is 5.81. The van der Waals surface area contributed by atoms with Gasteiger partial charge >= 0.3 is 0 Å². The number of rotatable bonds is 3. The number of aromatic nitrogens is 3. The first-order valence-corrected chi connectivity index (χ1v) is 10.00. The Morgan fingerprint density at radius 2 is 1.53 bits per heavy atom. The van der Waals surface area contributed by atoms with Crippen molar-refractivity contribution >= 4 is 11.5 Å². The smallest absolute Gasteiger partial charge is 0.159 e. The molecular formula is C25H21FN4. The van der Waals surface area contributed by atoms with Crippen LogP contribution in [-0.4, -0.2) is 20.5 Å². The Bertz CT molecular complexity index is 1220. The van der Waals surface area contributed by atoms with Gasteiger partial charge in [-0.25, -0.2) is 14.1 Å². The van der Waals surface area contributed by atoms with Crippen LogP contribution in [0.25, 0.3) is 11.1 Å². The molecule has 0 fully saturated rings. The normalized spacial score (nSPS) is 15.6. The van der Waals surface area contributed by atoms with Crippen molar-refractivity contribution in [2.45, 2.75) is 26.3 Å². The molecule has 0 saturated carbocycles. The van der Waals surface area contributed by atoms with E-state index < -0.39 is 0 Å². The second kappa shape index (κ2) is 7.34. The summed E-state index contributed by atoms with van der Waals surface area (Å²) in [7, 11) is 0. The highest BCUT2D eigenvalue weighted by Crippen LogP contribution is 2.41. The van der Waals surface area contributed by atoms with Gasteiger partial charge in [0.2, 0.25) is 0 Å². The molecule has 3 heterocycles. The molecule has 5 rings (SSSR count). The highest BCUT2D eigenvalue weighted by atomic mass is 19.1. The van der Waals surface area contributed by atoms with Crippen molar-refractivity contribution < 1.29 is 4.39 Å². The molecule has 0 bridgehead atoms. The Morgan fingerprint density at radius 1 is 0.867 bits per heavy atom. The van der Waals surface area contributed by atoms with E-state index in [1.807, 2.05) is 36.1 Å². The minimum atomic E-state index is -0.254. The largest absolute Gasteiger partial charge is 0.265 e. The zero-order valence-corrected chi connectivity index (χ0v) is 16.9. The van der Waals surface area contributed by atoms with E-state index in [1.54, 1.807) is 12.1 Å². The zero-order valence-electron chi connectivity index (χ0n) is 16.9. The fourth-order valence-corrected chi connectivity index (χ4v) is 4.03. The van der Waals surface area contributed by atoms with Gasteiger partial charge < -0.3 is 0 Å². The predicted molar refractivity (Wildman–Crippen MR) is 117 cm³/mol. The number of fused-ring (bicyclic) bond motifs is 1. The Balaban J connectivity index is 1.71. The Morgan fingerprint density at radius 3 is 2.23 bits per heavy atom. The van der Waals surface area contributed by atoms with Crippen LogP contribution in [0.5, 0.6) is 0 Å². The maximum atomic E-state index is 13.5. The molecule has 4 nitrogen and oxygen atoms in total. The Hall–Kier alpha value is -3.60. The first-order chi connectivity index (χ1) is 14.6. The fraction of sp³-hybridized carbons (Fsp3) is 0.160. The van der Waals surface area contributed by atoms with E-state index in [2.05, 4.69) is 36.2 Å². The monoisotopic (exact) mass is 396 g/mol.